The van der Waals surface area contributed by atoms with Crippen LogP contribution in [0.1, 0.15) is 17.7 Å². The van der Waals surface area contributed by atoms with Gasteiger partial charge in [-0.2, -0.15) is 0 Å². The van der Waals surface area contributed by atoms with E-state index in [-0.39, 0.29) is 16.2 Å². The first-order valence-electron chi connectivity index (χ1n) is 5.89. The van der Waals surface area contributed by atoms with Gasteiger partial charge in [-0.25, -0.2) is 8.42 Å². The number of nitrogens with one attached hydrogen (secondary N) is 1. The van der Waals surface area contributed by atoms with E-state index in [1.54, 1.807) is 6.07 Å². The number of carbonyl (C=O) groups excluding carboxylic acids is 1. The molecule has 0 bridgehead atoms. The van der Waals surface area contributed by atoms with E-state index in [1.807, 2.05) is 0 Å². The molecule has 5 nitrogen and oxygen atoms in total. The van der Waals surface area contributed by atoms with Crippen LogP contribution in [0.2, 0.25) is 0 Å². The highest BCUT2D eigenvalue weighted by Crippen LogP contribution is 2.24. The Morgan fingerprint density at radius 3 is 2.89 bits per heavy atom. The van der Waals surface area contributed by atoms with E-state index in [0.717, 1.165) is 29.1 Å². The molecule has 0 aliphatic carbocycles. The summed E-state index contributed by atoms with van der Waals surface area (Å²) in [6.45, 7) is 1.10. The summed E-state index contributed by atoms with van der Waals surface area (Å²) in [5.41, 5.74) is 0. The molecule has 1 amide bonds. The summed E-state index contributed by atoms with van der Waals surface area (Å²) < 4.78 is 27.6. The van der Waals surface area contributed by atoms with Gasteiger partial charge >= 0.3 is 0 Å². The van der Waals surface area contributed by atoms with Crippen molar-refractivity contribution in [1.29, 1.82) is 0 Å². The Hall–Kier alpha value is -0.630. The van der Waals surface area contributed by atoms with Crippen LogP contribution in [0.4, 0.5) is 0 Å². The summed E-state index contributed by atoms with van der Waals surface area (Å²) in [6.07, 6.45) is 1.93. The summed E-state index contributed by atoms with van der Waals surface area (Å²) in [4.78, 5) is 12.5. The van der Waals surface area contributed by atoms with E-state index in [0.29, 0.717) is 19.6 Å². The summed E-state index contributed by atoms with van der Waals surface area (Å²) >= 11 is 1.12. The van der Waals surface area contributed by atoms with E-state index in [2.05, 4.69) is 5.32 Å². The third-order valence-electron chi connectivity index (χ3n) is 2.77. The van der Waals surface area contributed by atoms with Gasteiger partial charge in [0, 0.05) is 28.7 Å². The Bertz CT molecular complexity index is 549. The van der Waals surface area contributed by atoms with Gasteiger partial charge in [-0.1, -0.05) is 0 Å². The summed E-state index contributed by atoms with van der Waals surface area (Å²) in [6, 6.07) is 3.18. The predicted molar refractivity (Wildman–Crippen MR) is 73.0 cm³/mol. The van der Waals surface area contributed by atoms with Crippen molar-refractivity contribution in [1.82, 2.24) is 5.32 Å². The van der Waals surface area contributed by atoms with Crippen LogP contribution in [0.15, 0.2) is 16.3 Å². The lowest BCUT2D eigenvalue weighted by Crippen LogP contribution is -2.35. The SMILES string of the molecule is O=C(NCCc1ccc(S(=O)(=O)Cl)s1)C1CCCO1. The highest BCUT2D eigenvalue weighted by Gasteiger charge is 2.23. The van der Waals surface area contributed by atoms with Crippen molar-refractivity contribution in [2.24, 2.45) is 0 Å². The molecule has 19 heavy (non-hydrogen) atoms. The van der Waals surface area contributed by atoms with E-state index in [4.69, 9.17) is 15.4 Å². The van der Waals surface area contributed by atoms with Crippen molar-refractivity contribution in [3.05, 3.63) is 17.0 Å². The van der Waals surface area contributed by atoms with E-state index >= 15 is 0 Å². The minimum Gasteiger partial charge on any atom is -0.368 e. The molecule has 0 aromatic carbocycles. The molecule has 106 valence electrons. The lowest BCUT2D eigenvalue weighted by atomic mass is 10.2. The van der Waals surface area contributed by atoms with Gasteiger partial charge in [-0.3, -0.25) is 4.79 Å². The van der Waals surface area contributed by atoms with Crippen LogP contribution in [0, 0.1) is 0 Å². The maximum atomic E-state index is 11.7. The zero-order chi connectivity index (χ0) is 13.9. The van der Waals surface area contributed by atoms with Gasteiger partial charge in [0.25, 0.3) is 9.05 Å². The fraction of sp³-hybridized carbons (Fsp3) is 0.545. The van der Waals surface area contributed by atoms with Crippen molar-refractivity contribution >= 4 is 37.0 Å². The van der Waals surface area contributed by atoms with Gasteiger partial charge in [0.1, 0.15) is 10.3 Å². The molecule has 1 saturated heterocycles. The van der Waals surface area contributed by atoms with Crippen molar-refractivity contribution in [3.8, 4) is 0 Å². The number of carbonyl (C=O) groups is 1. The number of hydrogen-bond acceptors (Lipinski definition) is 5. The number of hydrogen-bond donors (Lipinski definition) is 1. The van der Waals surface area contributed by atoms with Crippen LogP contribution in [-0.2, 0) is 25.0 Å². The molecule has 1 unspecified atom stereocenters. The molecule has 0 saturated carbocycles. The van der Waals surface area contributed by atoms with Crippen molar-refractivity contribution in [2.75, 3.05) is 13.2 Å². The van der Waals surface area contributed by atoms with Gasteiger partial charge < -0.3 is 10.1 Å². The van der Waals surface area contributed by atoms with Gasteiger partial charge in [0.05, 0.1) is 0 Å². The highest BCUT2D eigenvalue weighted by atomic mass is 35.7. The van der Waals surface area contributed by atoms with Gasteiger partial charge in [0.15, 0.2) is 0 Å². The summed E-state index contributed by atoms with van der Waals surface area (Å²) in [7, 11) is 1.59. The molecule has 0 spiro atoms. The number of thiophene rings is 1. The number of amides is 1. The second-order valence-electron chi connectivity index (χ2n) is 4.20. The summed E-state index contributed by atoms with van der Waals surface area (Å²) in [5.74, 6) is -0.0979. The van der Waals surface area contributed by atoms with E-state index < -0.39 is 9.05 Å². The minimum atomic E-state index is -3.65. The lowest BCUT2D eigenvalue weighted by Gasteiger charge is -2.09. The van der Waals surface area contributed by atoms with Gasteiger partial charge in [-0.05, 0) is 31.4 Å². The van der Waals surface area contributed by atoms with Gasteiger partial charge in [0.2, 0.25) is 5.91 Å². The molecule has 2 heterocycles. The van der Waals surface area contributed by atoms with Crippen LogP contribution in [0.5, 0.6) is 0 Å². The zero-order valence-electron chi connectivity index (χ0n) is 10.1. The monoisotopic (exact) mass is 323 g/mol. The number of rotatable bonds is 5. The van der Waals surface area contributed by atoms with Crippen LogP contribution < -0.4 is 5.32 Å². The topological polar surface area (TPSA) is 72.5 Å². The first-order valence-corrected chi connectivity index (χ1v) is 9.02. The fourth-order valence-corrected chi connectivity index (χ4v) is 3.95. The van der Waals surface area contributed by atoms with Crippen LogP contribution >= 0.6 is 22.0 Å². The molecule has 1 fully saturated rings. The van der Waals surface area contributed by atoms with Crippen LogP contribution in [0.25, 0.3) is 0 Å². The molecule has 1 atom stereocenters. The van der Waals surface area contributed by atoms with Crippen molar-refractivity contribution in [2.45, 2.75) is 29.6 Å². The molecule has 2 rings (SSSR count). The molecular formula is C11H14ClNO4S2. The average molecular weight is 324 g/mol. The largest absolute Gasteiger partial charge is 0.368 e. The zero-order valence-corrected chi connectivity index (χ0v) is 12.5. The summed E-state index contributed by atoms with van der Waals surface area (Å²) in [5, 5.41) is 2.78. The average Bonchev–Trinajstić information content (AvgIpc) is 2.99. The Kier molecular flexibility index (Phi) is 4.83. The Morgan fingerprint density at radius 2 is 2.32 bits per heavy atom. The number of halogens is 1. The standard InChI is InChI=1S/C11H14ClNO4S2/c12-19(15,16)10-4-3-8(18-10)5-6-13-11(14)9-2-1-7-17-9/h3-4,9H,1-2,5-7H2,(H,13,14). The third-order valence-corrected chi connectivity index (χ3v) is 6.01. The smallest absolute Gasteiger partial charge is 0.270 e. The first kappa shape index (κ1) is 14.8. The maximum absolute atomic E-state index is 11.7. The molecule has 0 radical (unpaired) electrons. The molecule has 1 aliphatic heterocycles. The second-order valence-corrected chi connectivity index (χ2v) is 8.16. The van der Waals surface area contributed by atoms with Crippen LogP contribution in [-0.4, -0.2) is 33.6 Å². The normalized spacial score (nSPS) is 19.5. The molecule has 8 heteroatoms. The van der Waals surface area contributed by atoms with E-state index in [1.165, 1.54) is 6.07 Å². The Labute approximate surface area is 120 Å². The van der Waals surface area contributed by atoms with Crippen LogP contribution in [0.3, 0.4) is 0 Å². The predicted octanol–water partition coefficient (Wildman–Crippen LogP) is 1.51. The highest BCUT2D eigenvalue weighted by molar-refractivity contribution is 8.15. The quantitative estimate of drug-likeness (QED) is 0.834. The van der Waals surface area contributed by atoms with Crippen molar-refractivity contribution < 1.29 is 17.9 Å². The molecular weight excluding hydrogens is 310 g/mol. The molecule has 1 aromatic rings. The van der Waals surface area contributed by atoms with Gasteiger partial charge in [-0.15, -0.1) is 11.3 Å². The van der Waals surface area contributed by atoms with E-state index in [9.17, 15) is 13.2 Å². The maximum Gasteiger partial charge on any atom is 0.270 e. The number of ether oxygens (including phenoxy) is 1. The minimum absolute atomic E-state index is 0.0979. The van der Waals surface area contributed by atoms with Crippen molar-refractivity contribution in [3.63, 3.8) is 0 Å². The molecule has 1 N–H and O–H groups in total. The molecule has 1 aliphatic rings. The molecule has 1 aromatic heterocycles. The second kappa shape index (κ2) is 6.21. The third kappa shape index (κ3) is 4.17. The fourth-order valence-electron chi connectivity index (χ4n) is 1.83. The Morgan fingerprint density at radius 1 is 1.53 bits per heavy atom. The first-order chi connectivity index (χ1) is 8.97. The Balaban J connectivity index is 1.79. The lowest BCUT2D eigenvalue weighted by molar-refractivity contribution is -0.129.